The van der Waals surface area contributed by atoms with Gasteiger partial charge >= 0.3 is 0 Å². The van der Waals surface area contributed by atoms with Gasteiger partial charge in [-0.3, -0.25) is 4.99 Å². The summed E-state index contributed by atoms with van der Waals surface area (Å²) in [7, 11) is 1.83. The van der Waals surface area contributed by atoms with Crippen LogP contribution in [-0.2, 0) is 12.8 Å². The summed E-state index contributed by atoms with van der Waals surface area (Å²) in [5.41, 5.74) is 2.52. The largest absolute Gasteiger partial charge is 0.356 e. The highest BCUT2D eigenvalue weighted by atomic mass is 127. The first-order valence-corrected chi connectivity index (χ1v) is 9.97. The lowest BCUT2D eigenvalue weighted by molar-refractivity contribution is 0.589. The molecule has 144 valence electrons. The standard InChI is InChI=1S/C20H30N4S.HI/c1-16(12-13-18-9-5-4-6-10-18)24-20(21-3)22-14-8-7-11-19-23-17(2)15-25-19;/h4-6,9-10,15-16H,7-8,11-14H2,1-3H3,(H2,21,22,24);1H. The van der Waals surface area contributed by atoms with Crippen LogP contribution in [0.4, 0.5) is 0 Å². The number of rotatable bonds is 9. The second-order valence-electron chi connectivity index (χ2n) is 6.41. The van der Waals surface area contributed by atoms with Crippen molar-refractivity contribution >= 4 is 41.3 Å². The SMILES string of the molecule is CN=C(NCCCCc1nc(C)cs1)NC(C)CCc1ccccc1.I. The first-order chi connectivity index (χ1) is 12.2. The minimum atomic E-state index is 0. The van der Waals surface area contributed by atoms with Crippen molar-refractivity contribution < 1.29 is 0 Å². The fourth-order valence-corrected chi connectivity index (χ4v) is 3.47. The number of halogens is 1. The number of nitrogens with zero attached hydrogens (tertiary/aromatic N) is 2. The molecule has 1 heterocycles. The zero-order chi connectivity index (χ0) is 17.9. The predicted octanol–water partition coefficient (Wildman–Crippen LogP) is 4.58. The lowest BCUT2D eigenvalue weighted by atomic mass is 10.1. The smallest absolute Gasteiger partial charge is 0.191 e. The Morgan fingerprint density at radius 3 is 2.62 bits per heavy atom. The van der Waals surface area contributed by atoms with Crippen LogP contribution in [0.2, 0.25) is 0 Å². The van der Waals surface area contributed by atoms with Gasteiger partial charge in [0, 0.05) is 30.7 Å². The van der Waals surface area contributed by atoms with E-state index in [2.05, 4.69) is 70.2 Å². The van der Waals surface area contributed by atoms with Gasteiger partial charge in [-0.2, -0.15) is 0 Å². The summed E-state index contributed by atoms with van der Waals surface area (Å²) in [6, 6.07) is 11.0. The average Bonchev–Trinajstić information content (AvgIpc) is 3.04. The number of hydrogen-bond donors (Lipinski definition) is 2. The van der Waals surface area contributed by atoms with Crippen molar-refractivity contribution in [1.82, 2.24) is 15.6 Å². The molecule has 0 fully saturated rings. The highest BCUT2D eigenvalue weighted by molar-refractivity contribution is 14.0. The second kappa shape index (κ2) is 13.1. The molecule has 1 aromatic heterocycles. The summed E-state index contributed by atoms with van der Waals surface area (Å²) in [6.45, 7) is 5.20. The number of benzene rings is 1. The Morgan fingerprint density at radius 1 is 1.19 bits per heavy atom. The van der Waals surface area contributed by atoms with Crippen molar-refractivity contribution in [3.05, 3.63) is 52.0 Å². The van der Waals surface area contributed by atoms with Crippen LogP contribution >= 0.6 is 35.3 Å². The monoisotopic (exact) mass is 486 g/mol. The lowest BCUT2D eigenvalue weighted by Crippen LogP contribution is -2.42. The first kappa shape index (κ1) is 22.9. The third-order valence-corrected chi connectivity index (χ3v) is 5.12. The molecule has 0 aliphatic rings. The maximum absolute atomic E-state index is 4.51. The van der Waals surface area contributed by atoms with Crippen molar-refractivity contribution in [1.29, 1.82) is 0 Å². The molecule has 1 atom stereocenters. The van der Waals surface area contributed by atoms with Gasteiger partial charge in [0.25, 0.3) is 0 Å². The van der Waals surface area contributed by atoms with E-state index in [1.165, 1.54) is 10.6 Å². The van der Waals surface area contributed by atoms with E-state index < -0.39 is 0 Å². The van der Waals surface area contributed by atoms with E-state index in [0.29, 0.717) is 6.04 Å². The molecule has 0 aliphatic carbocycles. The molecular formula is C20H31IN4S. The quantitative estimate of drug-likeness (QED) is 0.236. The van der Waals surface area contributed by atoms with Gasteiger partial charge in [-0.1, -0.05) is 30.3 Å². The highest BCUT2D eigenvalue weighted by Gasteiger charge is 2.05. The molecule has 0 aliphatic heterocycles. The zero-order valence-electron chi connectivity index (χ0n) is 16.0. The van der Waals surface area contributed by atoms with Crippen LogP contribution in [0.25, 0.3) is 0 Å². The maximum atomic E-state index is 4.51. The van der Waals surface area contributed by atoms with Crippen molar-refractivity contribution in [2.24, 2.45) is 4.99 Å². The molecule has 0 bridgehead atoms. The maximum Gasteiger partial charge on any atom is 0.191 e. The Hall–Kier alpha value is -1.15. The Balaban J connectivity index is 0.00000338. The van der Waals surface area contributed by atoms with Crippen molar-refractivity contribution in [3.8, 4) is 0 Å². The minimum Gasteiger partial charge on any atom is -0.356 e. The summed E-state index contributed by atoms with van der Waals surface area (Å²) in [6.07, 6.45) is 5.52. The molecule has 1 aromatic carbocycles. The van der Waals surface area contributed by atoms with Gasteiger partial charge in [-0.25, -0.2) is 4.98 Å². The van der Waals surface area contributed by atoms with Crippen LogP contribution in [-0.4, -0.2) is 30.6 Å². The lowest BCUT2D eigenvalue weighted by Gasteiger charge is -2.18. The second-order valence-corrected chi connectivity index (χ2v) is 7.35. The zero-order valence-corrected chi connectivity index (χ0v) is 19.1. The molecule has 0 saturated heterocycles. The number of thiazole rings is 1. The molecule has 1 unspecified atom stereocenters. The van der Waals surface area contributed by atoms with Gasteiger partial charge in [-0.05, 0) is 51.5 Å². The number of aromatic nitrogens is 1. The average molecular weight is 486 g/mol. The molecular weight excluding hydrogens is 455 g/mol. The van der Waals surface area contributed by atoms with Crippen molar-refractivity contribution in [3.63, 3.8) is 0 Å². The van der Waals surface area contributed by atoms with E-state index in [4.69, 9.17) is 0 Å². The van der Waals surface area contributed by atoms with Gasteiger partial charge < -0.3 is 10.6 Å². The number of guanidine groups is 1. The summed E-state index contributed by atoms with van der Waals surface area (Å²) >= 11 is 1.76. The molecule has 4 nitrogen and oxygen atoms in total. The number of hydrogen-bond acceptors (Lipinski definition) is 3. The third-order valence-electron chi connectivity index (χ3n) is 4.09. The Bertz CT molecular complexity index is 642. The van der Waals surface area contributed by atoms with Gasteiger partial charge in [0.1, 0.15) is 0 Å². The summed E-state index contributed by atoms with van der Waals surface area (Å²) in [4.78, 5) is 8.83. The van der Waals surface area contributed by atoms with Crippen LogP contribution < -0.4 is 10.6 Å². The normalized spacial score (nSPS) is 12.3. The number of aryl methyl sites for hydroxylation is 3. The van der Waals surface area contributed by atoms with Crippen LogP contribution in [0.5, 0.6) is 0 Å². The van der Waals surface area contributed by atoms with Gasteiger partial charge in [0.15, 0.2) is 5.96 Å². The molecule has 0 saturated carbocycles. The van der Waals surface area contributed by atoms with E-state index in [0.717, 1.165) is 50.3 Å². The number of nitrogens with one attached hydrogen (secondary N) is 2. The van der Waals surface area contributed by atoms with Crippen LogP contribution in [0.15, 0.2) is 40.7 Å². The summed E-state index contributed by atoms with van der Waals surface area (Å²) in [5.74, 6) is 0.894. The Labute approximate surface area is 179 Å². The third kappa shape index (κ3) is 8.98. The predicted molar refractivity (Wildman–Crippen MR) is 124 cm³/mol. The van der Waals surface area contributed by atoms with Crippen LogP contribution in [0.1, 0.15) is 42.5 Å². The van der Waals surface area contributed by atoms with Gasteiger partial charge in [0.05, 0.1) is 5.01 Å². The number of unbranched alkanes of at least 4 members (excludes halogenated alkanes) is 1. The van der Waals surface area contributed by atoms with E-state index in [1.807, 2.05) is 7.05 Å². The minimum absolute atomic E-state index is 0. The molecule has 2 N–H and O–H groups in total. The summed E-state index contributed by atoms with van der Waals surface area (Å²) in [5, 5.41) is 10.3. The van der Waals surface area contributed by atoms with E-state index in [1.54, 1.807) is 11.3 Å². The molecule has 2 aromatic rings. The molecule has 26 heavy (non-hydrogen) atoms. The highest BCUT2D eigenvalue weighted by Crippen LogP contribution is 2.11. The molecule has 0 radical (unpaired) electrons. The fourth-order valence-electron chi connectivity index (χ4n) is 2.65. The summed E-state index contributed by atoms with van der Waals surface area (Å²) < 4.78 is 0. The molecule has 0 spiro atoms. The van der Waals surface area contributed by atoms with Gasteiger partial charge in [-0.15, -0.1) is 35.3 Å². The first-order valence-electron chi connectivity index (χ1n) is 9.09. The van der Waals surface area contributed by atoms with Crippen molar-refractivity contribution in [2.75, 3.05) is 13.6 Å². The van der Waals surface area contributed by atoms with Gasteiger partial charge in [0.2, 0.25) is 0 Å². The van der Waals surface area contributed by atoms with Crippen LogP contribution in [0, 0.1) is 6.92 Å². The van der Waals surface area contributed by atoms with E-state index in [9.17, 15) is 0 Å². The van der Waals surface area contributed by atoms with Crippen LogP contribution in [0.3, 0.4) is 0 Å². The van der Waals surface area contributed by atoms with Crippen molar-refractivity contribution in [2.45, 2.75) is 52.0 Å². The molecule has 6 heteroatoms. The Kier molecular flexibility index (Phi) is 11.5. The van der Waals surface area contributed by atoms with E-state index >= 15 is 0 Å². The molecule has 0 amide bonds. The Morgan fingerprint density at radius 2 is 1.96 bits per heavy atom. The fraction of sp³-hybridized carbons (Fsp3) is 0.500. The molecule has 2 rings (SSSR count). The number of aliphatic imine (C=N–C) groups is 1. The topological polar surface area (TPSA) is 49.3 Å². The van der Waals surface area contributed by atoms with E-state index in [-0.39, 0.29) is 24.0 Å².